The van der Waals surface area contributed by atoms with Crippen LogP contribution in [-0.2, 0) is 17.6 Å². The van der Waals surface area contributed by atoms with Gasteiger partial charge in [-0.2, -0.15) is 0 Å². The zero-order valence-corrected chi connectivity index (χ0v) is 11.9. The van der Waals surface area contributed by atoms with Crippen LogP contribution in [0, 0.1) is 0 Å². The number of nitrogens with zero attached hydrogens (tertiary/aromatic N) is 2. The molecule has 1 atom stereocenters. The van der Waals surface area contributed by atoms with Gasteiger partial charge in [0.15, 0.2) is 0 Å². The van der Waals surface area contributed by atoms with E-state index in [9.17, 15) is 9.90 Å². The molecule has 0 bridgehead atoms. The lowest BCUT2D eigenvalue weighted by atomic mass is 10.1. The molecular formula is C13H16N4O2S. The van der Waals surface area contributed by atoms with Crippen LogP contribution in [0.2, 0.25) is 0 Å². The van der Waals surface area contributed by atoms with Gasteiger partial charge in [0.1, 0.15) is 10.8 Å². The highest BCUT2D eigenvalue weighted by Crippen LogP contribution is 2.16. The molecule has 0 aliphatic rings. The lowest BCUT2D eigenvalue weighted by molar-refractivity contribution is -0.117. The van der Waals surface area contributed by atoms with Crippen molar-refractivity contribution >= 4 is 22.4 Å². The summed E-state index contributed by atoms with van der Waals surface area (Å²) in [5, 5.41) is 21.0. The Balaban J connectivity index is 1.93. The fraction of sp³-hybridized carbons (Fsp3) is 0.308. The summed E-state index contributed by atoms with van der Waals surface area (Å²) in [6.45, 7) is 1.97. The second-order valence-electron chi connectivity index (χ2n) is 4.32. The van der Waals surface area contributed by atoms with E-state index in [0.29, 0.717) is 11.6 Å². The van der Waals surface area contributed by atoms with E-state index in [0.717, 1.165) is 17.0 Å². The van der Waals surface area contributed by atoms with Crippen LogP contribution in [0.5, 0.6) is 5.75 Å². The number of rotatable bonds is 5. The van der Waals surface area contributed by atoms with Crippen LogP contribution in [0.25, 0.3) is 0 Å². The number of carbonyl (C=O) groups is 1. The van der Waals surface area contributed by atoms with Crippen molar-refractivity contribution in [3.05, 3.63) is 34.8 Å². The van der Waals surface area contributed by atoms with Crippen LogP contribution in [0.1, 0.15) is 17.5 Å². The van der Waals surface area contributed by atoms with Gasteiger partial charge in [0.05, 0.1) is 6.04 Å². The molecule has 1 amide bonds. The van der Waals surface area contributed by atoms with Crippen LogP contribution in [-0.4, -0.2) is 27.3 Å². The van der Waals surface area contributed by atoms with E-state index >= 15 is 0 Å². The maximum atomic E-state index is 11.9. The van der Waals surface area contributed by atoms with Gasteiger partial charge in [-0.05, 0) is 30.5 Å². The van der Waals surface area contributed by atoms with Crippen LogP contribution in [0.15, 0.2) is 24.3 Å². The molecule has 0 spiro atoms. The van der Waals surface area contributed by atoms with Gasteiger partial charge < -0.3 is 10.8 Å². The summed E-state index contributed by atoms with van der Waals surface area (Å²) in [6.07, 6.45) is 1.18. The number of aryl methyl sites for hydroxylation is 1. The molecule has 0 fully saturated rings. The predicted molar refractivity (Wildman–Crippen MR) is 77.7 cm³/mol. The molecule has 20 heavy (non-hydrogen) atoms. The molecule has 106 valence electrons. The molecule has 2 rings (SSSR count). The Hall–Kier alpha value is -1.99. The van der Waals surface area contributed by atoms with E-state index in [1.54, 1.807) is 24.3 Å². The predicted octanol–water partition coefficient (Wildman–Crippen LogP) is 1.31. The van der Waals surface area contributed by atoms with Crippen LogP contribution in [0.3, 0.4) is 0 Å². The van der Waals surface area contributed by atoms with Crippen LogP contribution in [0.4, 0.5) is 5.13 Å². The third-order valence-corrected chi connectivity index (χ3v) is 3.71. The molecule has 0 unspecified atom stereocenters. The minimum Gasteiger partial charge on any atom is -0.508 e. The highest BCUT2D eigenvalue weighted by atomic mass is 32.1. The molecule has 0 saturated heterocycles. The zero-order valence-electron chi connectivity index (χ0n) is 11.0. The highest BCUT2D eigenvalue weighted by molar-refractivity contribution is 7.15. The summed E-state index contributed by atoms with van der Waals surface area (Å²) in [5.41, 5.74) is 6.74. The van der Waals surface area contributed by atoms with Gasteiger partial charge in [0.2, 0.25) is 11.0 Å². The van der Waals surface area contributed by atoms with E-state index in [1.807, 2.05) is 6.92 Å². The molecule has 0 aliphatic heterocycles. The maximum absolute atomic E-state index is 11.9. The number of anilines is 1. The number of hydrogen-bond acceptors (Lipinski definition) is 6. The highest BCUT2D eigenvalue weighted by Gasteiger charge is 2.16. The molecule has 4 N–H and O–H groups in total. The van der Waals surface area contributed by atoms with Gasteiger partial charge in [0.25, 0.3) is 0 Å². The van der Waals surface area contributed by atoms with E-state index in [1.165, 1.54) is 11.3 Å². The minimum absolute atomic E-state index is 0.188. The number of carbonyl (C=O) groups excluding carboxylic acids is 1. The number of benzene rings is 1. The van der Waals surface area contributed by atoms with Crippen molar-refractivity contribution in [2.45, 2.75) is 25.8 Å². The van der Waals surface area contributed by atoms with Gasteiger partial charge in [-0.3, -0.25) is 10.1 Å². The van der Waals surface area contributed by atoms with Gasteiger partial charge in [-0.1, -0.05) is 30.4 Å². The Labute approximate surface area is 120 Å². The molecule has 0 aliphatic carbocycles. The zero-order chi connectivity index (χ0) is 14.5. The van der Waals surface area contributed by atoms with E-state index < -0.39 is 6.04 Å². The number of phenolic OH excluding ortho intramolecular Hbond substituents is 1. The van der Waals surface area contributed by atoms with Crippen molar-refractivity contribution in [1.82, 2.24) is 10.2 Å². The molecule has 2 aromatic rings. The Morgan fingerprint density at radius 2 is 2.10 bits per heavy atom. The molecule has 7 heteroatoms. The van der Waals surface area contributed by atoms with Crippen molar-refractivity contribution < 1.29 is 9.90 Å². The smallest absolute Gasteiger partial charge is 0.243 e. The van der Waals surface area contributed by atoms with Crippen LogP contribution < -0.4 is 11.1 Å². The summed E-state index contributed by atoms with van der Waals surface area (Å²) in [7, 11) is 0. The standard InChI is InChI=1S/C13H16N4O2S/c1-2-11-16-17-13(20-11)15-12(19)10(14)7-8-3-5-9(18)6-4-8/h3-6,10,18H,2,7,14H2,1H3,(H,15,17,19)/t10-/m1/s1. The Bertz CT molecular complexity index is 582. The number of aromatic hydroxyl groups is 1. The first-order valence-corrected chi connectivity index (χ1v) is 7.07. The number of hydrogen-bond donors (Lipinski definition) is 3. The van der Waals surface area contributed by atoms with Gasteiger partial charge >= 0.3 is 0 Å². The molecule has 1 heterocycles. The SMILES string of the molecule is CCc1nnc(NC(=O)[C@H](N)Cc2ccc(O)cc2)s1. The number of phenols is 1. The third kappa shape index (κ3) is 3.75. The van der Waals surface area contributed by atoms with Crippen molar-refractivity contribution in [2.24, 2.45) is 5.73 Å². The summed E-state index contributed by atoms with van der Waals surface area (Å²) >= 11 is 1.34. The molecule has 1 aromatic heterocycles. The average molecular weight is 292 g/mol. The first-order chi connectivity index (χ1) is 9.58. The first-order valence-electron chi connectivity index (χ1n) is 6.25. The van der Waals surface area contributed by atoms with E-state index in [4.69, 9.17) is 5.73 Å². The first kappa shape index (κ1) is 14.4. The normalized spacial score (nSPS) is 12.1. The molecule has 0 radical (unpaired) electrons. The second-order valence-corrected chi connectivity index (χ2v) is 5.38. The quantitative estimate of drug-likeness (QED) is 0.771. The fourth-order valence-electron chi connectivity index (χ4n) is 1.62. The van der Waals surface area contributed by atoms with Gasteiger partial charge in [-0.25, -0.2) is 0 Å². The summed E-state index contributed by atoms with van der Waals surface area (Å²) in [6, 6.07) is 5.94. The summed E-state index contributed by atoms with van der Waals surface area (Å²) in [5.74, 6) is -0.107. The third-order valence-electron chi connectivity index (χ3n) is 2.73. The Morgan fingerprint density at radius 1 is 1.40 bits per heavy atom. The monoisotopic (exact) mass is 292 g/mol. The number of nitrogens with two attached hydrogens (primary N) is 1. The lowest BCUT2D eigenvalue weighted by Gasteiger charge is -2.10. The fourth-order valence-corrected chi connectivity index (χ4v) is 2.31. The van der Waals surface area contributed by atoms with Crippen molar-refractivity contribution in [3.63, 3.8) is 0 Å². The minimum atomic E-state index is -0.673. The van der Waals surface area contributed by atoms with E-state index in [-0.39, 0.29) is 11.7 Å². The molecule has 6 nitrogen and oxygen atoms in total. The Morgan fingerprint density at radius 3 is 2.70 bits per heavy atom. The average Bonchev–Trinajstić information content (AvgIpc) is 2.89. The van der Waals surface area contributed by atoms with Crippen molar-refractivity contribution in [3.8, 4) is 5.75 Å². The molecular weight excluding hydrogens is 276 g/mol. The lowest BCUT2D eigenvalue weighted by Crippen LogP contribution is -2.37. The maximum Gasteiger partial charge on any atom is 0.243 e. The number of amides is 1. The van der Waals surface area contributed by atoms with Crippen molar-refractivity contribution in [2.75, 3.05) is 5.32 Å². The Kier molecular flexibility index (Phi) is 4.65. The largest absolute Gasteiger partial charge is 0.508 e. The second kappa shape index (κ2) is 6.44. The molecule has 1 aromatic carbocycles. The summed E-state index contributed by atoms with van der Waals surface area (Å²) in [4.78, 5) is 11.9. The number of aromatic nitrogens is 2. The summed E-state index contributed by atoms with van der Waals surface area (Å²) < 4.78 is 0. The van der Waals surface area contributed by atoms with Gasteiger partial charge in [0, 0.05) is 0 Å². The van der Waals surface area contributed by atoms with E-state index in [2.05, 4.69) is 15.5 Å². The molecule has 0 saturated carbocycles. The van der Waals surface area contributed by atoms with Crippen molar-refractivity contribution in [1.29, 1.82) is 0 Å². The van der Waals surface area contributed by atoms with Gasteiger partial charge in [-0.15, -0.1) is 10.2 Å². The number of nitrogens with one attached hydrogen (secondary N) is 1. The topological polar surface area (TPSA) is 101 Å². The van der Waals surface area contributed by atoms with Crippen LogP contribution >= 0.6 is 11.3 Å².